The fraction of sp³-hybridized carbons (Fsp3) is 0.389. The van der Waals surface area contributed by atoms with Gasteiger partial charge in [-0.15, -0.1) is 0 Å². The molecular formula is C18H23N3O2. The zero-order valence-electron chi connectivity index (χ0n) is 13.4. The third-order valence-corrected chi connectivity index (χ3v) is 4.29. The SMILES string of the molecule is COC1CCN(c2ccc(C(=O)NCCn3cccc3)cc2)C1. The van der Waals surface area contributed by atoms with Crippen molar-refractivity contribution < 1.29 is 9.53 Å². The number of ether oxygens (including phenoxy) is 1. The fourth-order valence-electron chi connectivity index (χ4n) is 2.90. The van der Waals surface area contributed by atoms with Crippen molar-refractivity contribution in [1.29, 1.82) is 0 Å². The Hall–Kier alpha value is -2.27. The summed E-state index contributed by atoms with van der Waals surface area (Å²) in [6.07, 6.45) is 5.35. The lowest BCUT2D eigenvalue weighted by molar-refractivity contribution is 0.0952. The molecule has 0 aliphatic carbocycles. The van der Waals surface area contributed by atoms with Crippen molar-refractivity contribution >= 4 is 11.6 Å². The highest BCUT2D eigenvalue weighted by Gasteiger charge is 2.22. The Labute approximate surface area is 136 Å². The number of nitrogens with one attached hydrogen (secondary N) is 1. The smallest absolute Gasteiger partial charge is 0.251 e. The molecule has 0 saturated carbocycles. The Bertz CT molecular complexity index is 622. The van der Waals surface area contributed by atoms with Crippen molar-refractivity contribution in [3.63, 3.8) is 0 Å². The summed E-state index contributed by atoms with van der Waals surface area (Å²) in [7, 11) is 1.76. The van der Waals surface area contributed by atoms with Crippen molar-refractivity contribution in [3.05, 3.63) is 54.4 Å². The Morgan fingerprint density at radius 1 is 1.26 bits per heavy atom. The van der Waals surface area contributed by atoms with Crippen molar-refractivity contribution in [2.24, 2.45) is 0 Å². The van der Waals surface area contributed by atoms with Gasteiger partial charge in [0.15, 0.2) is 0 Å². The number of rotatable bonds is 6. The van der Waals surface area contributed by atoms with E-state index in [-0.39, 0.29) is 5.91 Å². The maximum atomic E-state index is 12.2. The van der Waals surface area contributed by atoms with Gasteiger partial charge in [0, 0.05) is 56.9 Å². The molecule has 2 heterocycles. The molecule has 122 valence electrons. The second-order valence-electron chi connectivity index (χ2n) is 5.82. The van der Waals surface area contributed by atoms with Gasteiger partial charge in [0.25, 0.3) is 5.91 Å². The van der Waals surface area contributed by atoms with E-state index in [0.29, 0.717) is 18.2 Å². The molecule has 5 heteroatoms. The second-order valence-corrected chi connectivity index (χ2v) is 5.82. The molecule has 5 nitrogen and oxygen atoms in total. The second kappa shape index (κ2) is 7.33. The molecule has 1 saturated heterocycles. The molecule has 1 atom stereocenters. The molecule has 1 aromatic carbocycles. The van der Waals surface area contributed by atoms with Gasteiger partial charge in [-0.25, -0.2) is 0 Å². The molecule has 1 aromatic heterocycles. The van der Waals surface area contributed by atoms with Crippen LogP contribution in [0.3, 0.4) is 0 Å². The standard InChI is InChI=1S/C18H23N3O2/c1-23-17-8-12-21(14-17)16-6-4-15(5-7-16)18(22)19-9-13-20-10-2-3-11-20/h2-7,10-11,17H,8-9,12-14H2,1H3,(H,19,22). The van der Waals surface area contributed by atoms with Crippen molar-refractivity contribution in [3.8, 4) is 0 Å². The summed E-state index contributed by atoms with van der Waals surface area (Å²) in [4.78, 5) is 14.4. The summed E-state index contributed by atoms with van der Waals surface area (Å²) in [6, 6.07) is 11.8. The summed E-state index contributed by atoms with van der Waals surface area (Å²) >= 11 is 0. The predicted octanol–water partition coefficient (Wildman–Crippen LogP) is 2.14. The van der Waals surface area contributed by atoms with Gasteiger partial charge in [-0.3, -0.25) is 4.79 Å². The van der Waals surface area contributed by atoms with Gasteiger partial charge in [-0.2, -0.15) is 0 Å². The molecule has 0 radical (unpaired) electrons. The maximum absolute atomic E-state index is 12.2. The molecular weight excluding hydrogens is 290 g/mol. The maximum Gasteiger partial charge on any atom is 0.251 e. The normalized spacial score (nSPS) is 17.4. The molecule has 1 N–H and O–H groups in total. The zero-order chi connectivity index (χ0) is 16.1. The number of nitrogens with zero attached hydrogens (tertiary/aromatic N) is 2. The van der Waals surface area contributed by atoms with E-state index >= 15 is 0 Å². The monoisotopic (exact) mass is 313 g/mol. The Kier molecular flexibility index (Phi) is 4.98. The van der Waals surface area contributed by atoms with Crippen LogP contribution in [0.25, 0.3) is 0 Å². The van der Waals surface area contributed by atoms with Crippen LogP contribution in [0.5, 0.6) is 0 Å². The number of carbonyl (C=O) groups is 1. The average molecular weight is 313 g/mol. The number of methoxy groups -OCH3 is 1. The summed E-state index contributed by atoms with van der Waals surface area (Å²) in [5, 5.41) is 2.95. The van der Waals surface area contributed by atoms with Crippen molar-refractivity contribution in [2.45, 2.75) is 19.1 Å². The fourth-order valence-corrected chi connectivity index (χ4v) is 2.90. The topological polar surface area (TPSA) is 46.5 Å². The van der Waals surface area contributed by atoms with Crippen LogP contribution in [0.1, 0.15) is 16.8 Å². The lowest BCUT2D eigenvalue weighted by Crippen LogP contribution is -2.27. The number of hydrogen-bond acceptors (Lipinski definition) is 3. The van der Waals surface area contributed by atoms with Crippen LogP contribution in [0, 0.1) is 0 Å². The first-order valence-electron chi connectivity index (χ1n) is 8.03. The van der Waals surface area contributed by atoms with E-state index in [1.54, 1.807) is 7.11 Å². The first kappa shape index (κ1) is 15.6. The van der Waals surface area contributed by atoms with E-state index in [4.69, 9.17) is 4.74 Å². The van der Waals surface area contributed by atoms with E-state index in [0.717, 1.165) is 31.7 Å². The number of benzene rings is 1. The highest BCUT2D eigenvalue weighted by molar-refractivity contribution is 5.94. The summed E-state index contributed by atoms with van der Waals surface area (Å²) in [6.45, 7) is 3.32. The van der Waals surface area contributed by atoms with Crippen LogP contribution in [0.4, 0.5) is 5.69 Å². The highest BCUT2D eigenvalue weighted by Crippen LogP contribution is 2.21. The number of aromatic nitrogens is 1. The van der Waals surface area contributed by atoms with Crippen LogP contribution in [0.15, 0.2) is 48.8 Å². The molecule has 1 aliphatic heterocycles. The van der Waals surface area contributed by atoms with Gasteiger partial charge < -0.3 is 19.5 Å². The molecule has 0 bridgehead atoms. The molecule has 1 amide bonds. The van der Waals surface area contributed by atoms with E-state index in [9.17, 15) is 4.79 Å². The van der Waals surface area contributed by atoms with Crippen LogP contribution in [-0.2, 0) is 11.3 Å². The predicted molar refractivity (Wildman–Crippen MR) is 90.8 cm³/mol. The molecule has 1 aliphatic rings. The summed E-state index contributed by atoms with van der Waals surface area (Å²) in [5.74, 6) is -0.0279. The average Bonchev–Trinajstić information content (AvgIpc) is 3.26. The van der Waals surface area contributed by atoms with Gasteiger partial charge >= 0.3 is 0 Å². The highest BCUT2D eigenvalue weighted by atomic mass is 16.5. The largest absolute Gasteiger partial charge is 0.380 e. The third-order valence-electron chi connectivity index (χ3n) is 4.29. The lowest BCUT2D eigenvalue weighted by atomic mass is 10.2. The van der Waals surface area contributed by atoms with Crippen LogP contribution in [0.2, 0.25) is 0 Å². The summed E-state index contributed by atoms with van der Waals surface area (Å²) in [5.41, 5.74) is 1.84. The lowest BCUT2D eigenvalue weighted by Gasteiger charge is -2.18. The molecule has 0 spiro atoms. The van der Waals surface area contributed by atoms with E-state index in [1.807, 2.05) is 53.4 Å². The zero-order valence-corrected chi connectivity index (χ0v) is 13.4. The van der Waals surface area contributed by atoms with Gasteiger partial charge in [-0.05, 0) is 42.8 Å². The minimum absolute atomic E-state index is 0.0279. The van der Waals surface area contributed by atoms with Crippen LogP contribution in [-0.4, -0.2) is 43.3 Å². The number of anilines is 1. The van der Waals surface area contributed by atoms with Crippen molar-refractivity contribution in [2.75, 3.05) is 31.6 Å². The van der Waals surface area contributed by atoms with E-state index in [2.05, 4.69) is 10.2 Å². The number of carbonyl (C=O) groups excluding carboxylic acids is 1. The summed E-state index contributed by atoms with van der Waals surface area (Å²) < 4.78 is 7.44. The molecule has 1 unspecified atom stereocenters. The van der Waals surface area contributed by atoms with Gasteiger partial charge in [0.1, 0.15) is 0 Å². The molecule has 1 fully saturated rings. The third kappa shape index (κ3) is 3.93. The molecule has 3 rings (SSSR count). The first-order valence-corrected chi connectivity index (χ1v) is 8.03. The van der Waals surface area contributed by atoms with Gasteiger partial charge in [0.05, 0.1) is 6.10 Å². The van der Waals surface area contributed by atoms with Crippen LogP contribution >= 0.6 is 0 Å². The quantitative estimate of drug-likeness (QED) is 0.889. The van der Waals surface area contributed by atoms with Crippen molar-refractivity contribution in [1.82, 2.24) is 9.88 Å². The first-order chi connectivity index (χ1) is 11.3. The number of amides is 1. The molecule has 23 heavy (non-hydrogen) atoms. The van der Waals surface area contributed by atoms with Gasteiger partial charge in [0.2, 0.25) is 0 Å². The minimum Gasteiger partial charge on any atom is -0.380 e. The van der Waals surface area contributed by atoms with E-state index < -0.39 is 0 Å². The minimum atomic E-state index is -0.0279. The molecule has 2 aromatic rings. The number of hydrogen-bond donors (Lipinski definition) is 1. The van der Waals surface area contributed by atoms with Crippen LogP contribution < -0.4 is 10.2 Å². The Morgan fingerprint density at radius 3 is 2.65 bits per heavy atom. The Balaban J connectivity index is 1.51. The van der Waals surface area contributed by atoms with E-state index in [1.165, 1.54) is 0 Å². The Morgan fingerprint density at radius 2 is 2.00 bits per heavy atom. The van der Waals surface area contributed by atoms with Gasteiger partial charge in [-0.1, -0.05) is 0 Å².